The van der Waals surface area contributed by atoms with E-state index in [2.05, 4.69) is 9.88 Å². The van der Waals surface area contributed by atoms with Crippen LogP contribution in [-0.2, 0) is 9.53 Å². The van der Waals surface area contributed by atoms with Crippen LogP contribution in [0.1, 0.15) is 12.8 Å². The molecule has 0 saturated carbocycles. The molecule has 6 heteroatoms. The average Bonchev–Trinajstić information content (AvgIpc) is 2.52. The number of aromatic nitrogens is 1. The number of nitrogens with zero attached hydrogens (tertiary/aromatic N) is 3. The maximum atomic E-state index is 12.4. The molecule has 2 heterocycles. The standard InChI is InChI=1S/C15H22ClN3O2/c1-18(8-9-21-2)15(20)12-4-3-7-19(11-12)14-6-5-13(16)10-17-14/h5-6,10,12H,3-4,7-9,11H2,1-2H3/t12-/m0/s1. The summed E-state index contributed by atoms with van der Waals surface area (Å²) < 4.78 is 5.02. The first-order valence-electron chi connectivity index (χ1n) is 7.22. The molecule has 1 aliphatic rings. The van der Waals surface area contributed by atoms with E-state index in [1.807, 2.05) is 19.2 Å². The quantitative estimate of drug-likeness (QED) is 0.835. The lowest BCUT2D eigenvalue weighted by Crippen LogP contribution is -2.44. The van der Waals surface area contributed by atoms with Crippen LogP contribution in [0.3, 0.4) is 0 Å². The van der Waals surface area contributed by atoms with Gasteiger partial charge in [0.1, 0.15) is 5.82 Å². The number of anilines is 1. The van der Waals surface area contributed by atoms with Crippen molar-refractivity contribution in [3.63, 3.8) is 0 Å². The van der Waals surface area contributed by atoms with E-state index in [0.717, 1.165) is 25.2 Å². The number of ether oxygens (including phenoxy) is 1. The molecule has 0 N–H and O–H groups in total. The van der Waals surface area contributed by atoms with E-state index in [-0.39, 0.29) is 11.8 Å². The number of amides is 1. The summed E-state index contributed by atoms with van der Waals surface area (Å²) in [5.41, 5.74) is 0. The minimum atomic E-state index is 0.0260. The Morgan fingerprint density at radius 1 is 1.57 bits per heavy atom. The molecule has 21 heavy (non-hydrogen) atoms. The fourth-order valence-corrected chi connectivity index (χ4v) is 2.70. The summed E-state index contributed by atoms with van der Waals surface area (Å²) in [6, 6.07) is 3.74. The fourth-order valence-electron chi connectivity index (χ4n) is 2.59. The van der Waals surface area contributed by atoms with Crippen molar-refractivity contribution in [3.8, 4) is 0 Å². The van der Waals surface area contributed by atoms with Gasteiger partial charge in [-0.2, -0.15) is 0 Å². The highest BCUT2D eigenvalue weighted by atomic mass is 35.5. The molecule has 1 aliphatic heterocycles. The van der Waals surface area contributed by atoms with Crippen LogP contribution in [0.15, 0.2) is 18.3 Å². The van der Waals surface area contributed by atoms with E-state index in [9.17, 15) is 4.79 Å². The third-order valence-corrected chi connectivity index (χ3v) is 4.04. The largest absolute Gasteiger partial charge is 0.383 e. The van der Waals surface area contributed by atoms with Gasteiger partial charge in [0.25, 0.3) is 0 Å². The highest BCUT2D eigenvalue weighted by molar-refractivity contribution is 6.30. The van der Waals surface area contributed by atoms with E-state index >= 15 is 0 Å². The SMILES string of the molecule is COCCN(C)C(=O)[C@H]1CCCN(c2ccc(Cl)cn2)C1. The lowest BCUT2D eigenvalue weighted by atomic mass is 9.96. The number of hydrogen-bond acceptors (Lipinski definition) is 4. The van der Waals surface area contributed by atoms with Crippen LogP contribution >= 0.6 is 11.6 Å². The number of carbonyl (C=O) groups excluding carboxylic acids is 1. The Kier molecular flexibility index (Phi) is 5.82. The van der Waals surface area contributed by atoms with Gasteiger partial charge >= 0.3 is 0 Å². The lowest BCUT2D eigenvalue weighted by molar-refractivity contribution is -0.135. The Bertz CT molecular complexity index is 466. The Labute approximate surface area is 130 Å². The summed E-state index contributed by atoms with van der Waals surface area (Å²) in [4.78, 5) is 20.7. The van der Waals surface area contributed by atoms with Crippen LogP contribution in [-0.4, -0.2) is 56.2 Å². The number of pyridine rings is 1. The van der Waals surface area contributed by atoms with Crippen molar-refractivity contribution in [1.29, 1.82) is 0 Å². The molecule has 5 nitrogen and oxygen atoms in total. The van der Waals surface area contributed by atoms with Crippen LogP contribution < -0.4 is 4.90 Å². The molecule has 1 atom stereocenters. The van der Waals surface area contributed by atoms with Gasteiger partial charge in [-0.3, -0.25) is 4.79 Å². The summed E-state index contributed by atoms with van der Waals surface area (Å²) in [5, 5.41) is 0.627. The molecule has 1 amide bonds. The van der Waals surface area contributed by atoms with Crippen LogP contribution in [0.4, 0.5) is 5.82 Å². The van der Waals surface area contributed by atoms with Gasteiger partial charge < -0.3 is 14.5 Å². The van der Waals surface area contributed by atoms with E-state index in [1.54, 1.807) is 18.2 Å². The molecule has 0 aromatic carbocycles. The minimum absolute atomic E-state index is 0.0260. The first-order valence-corrected chi connectivity index (χ1v) is 7.60. The second-order valence-electron chi connectivity index (χ2n) is 5.37. The highest BCUT2D eigenvalue weighted by Crippen LogP contribution is 2.23. The number of piperidine rings is 1. The molecule has 0 aliphatic carbocycles. The van der Waals surface area contributed by atoms with Crippen molar-refractivity contribution in [3.05, 3.63) is 23.4 Å². The molecule has 0 radical (unpaired) electrons. The number of methoxy groups -OCH3 is 1. The number of halogens is 1. The highest BCUT2D eigenvalue weighted by Gasteiger charge is 2.28. The van der Waals surface area contributed by atoms with Crippen molar-refractivity contribution in [2.45, 2.75) is 12.8 Å². The Morgan fingerprint density at radius 2 is 2.38 bits per heavy atom. The second-order valence-corrected chi connectivity index (χ2v) is 5.81. The summed E-state index contributed by atoms with van der Waals surface area (Å²) >= 11 is 5.87. The average molecular weight is 312 g/mol. The van der Waals surface area contributed by atoms with E-state index in [1.165, 1.54) is 0 Å². The van der Waals surface area contributed by atoms with Gasteiger partial charge in [0.2, 0.25) is 5.91 Å². The number of carbonyl (C=O) groups is 1. The zero-order chi connectivity index (χ0) is 15.2. The van der Waals surface area contributed by atoms with Crippen molar-refractivity contribution < 1.29 is 9.53 Å². The first kappa shape index (κ1) is 16.0. The summed E-state index contributed by atoms with van der Waals surface area (Å²) in [5.74, 6) is 1.10. The number of likely N-dealkylation sites (N-methyl/N-ethyl adjacent to an activating group) is 1. The first-order chi connectivity index (χ1) is 10.1. The minimum Gasteiger partial charge on any atom is -0.383 e. The number of hydrogen-bond donors (Lipinski definition) is 0. The molecule has 1 aromatic rings. The molecule has 1 aromatic heterocycles. The molecular weight excluding hydrogens is 290 g/mol. The van der Waals surface area contributed by atoms with Crippen LogP contribution in [0, 0.1) is 5.92 Å². The maximum Gasteiger partial charge on any atom is 0.227 e. The molecule has 116 valence electrons. The zero-order valence-corrected chi connectivity index (χ0v) is 13.3. The molecule has 1 saturated heterocycles. The van der Waals surface area contributed by atoms with E-state index < -0.39 is 0 Å². The predicted octanol–water partition coefficient (Wildman–Crippen LogP) is 2.06. The van der Waals surface area contributed by atoms with Crippen LogP contribution in [0.25, 0.3) is 0 Å². The van der Waals surface area contributed by atoms with Crippen LogP contribution in [0.2, 0.25) is 5.02 Å². The van der Waals surface area contributed by atoms with Crippen molar-refractivity contribution in [2.24, 2.45) is 5.92 Å². The van der Waals surface area contributed by atoms with E-state index in [0.29, 0.717) is 24.7 Å². The molecular formula is C15H22ClN3O2. The second kappa shape index (κ2) is 7.61. The smallest absolute Gasteiger partial charge is 0.227 e. The van der Waals surface area contributed by atoms with Gasteiger partial charge in [-0.1, -0.05) is 11.6 Å². The van der Waals surface area contributed by atoms with Crippen molar-refractivity contribution in [2.75, 3.05) is 45.3 Å². The third-order valence-electron chi connectivity index (χ3n) is 3.81. The summed E-state index contributed by atoms with van der Waals surface area (Å²) in [6.07, 6.45) is 3.58. The molecule has 0 unspecified atom stereocenters. The van der Waals surface area contributed by atoms with Gasteiger partial charge in [0, 0.05) is 40.0 Å². The van der Waals surface area contributed by atoms with Gasteiger partial charge in [-0.25, -0.2) is 4.98 Å². The van der Waals surface area contributed by atoms with Gasteiger partial charge in [0.05, 0.1) is 17.5 Å². The molecule has 0 bridgehead atoms. The molecule has 0 spiro atoms. The number of rotatable bonds is 5. The van der Waals surface area contributed by atoms with E-state index in [4.69, 9.17) is 16.3 Å². The summed E-state index contributed by atoms with van der Waals surface area (Å²) in [7, 11) is 3.48. The monoisotopic (exact) mass is 311 g/mol. The Balaban J connectivity index is 1.97. The van der Waals surface area contributed by atoms with Crippen LogP contribution in [0.5, 0.6) is 0 Å². The normalized spacial score (nSPS) is 18.6. The Morgan fingerprint density at radius 3 is 3.05 bits per heavy atom. The fraction of sp³-hybridized carbons (Fsp3) is 0.600. The zero-order valence-electron chi connectivity index (χ0n) is 12.6. The molecule has 1 fully saturated rings. The van der Waals surface area contributed by atoms with Crippen molar-refractivity contribution in [1.82, 2.24) is 9.88 Å². The lowest BCUT2D eigenvalue weighted by Gasteiger charge is -2.34. The third kappa shape index (κ3) is 4.32. The van der Waals surface area contributed by atoms with Gasteiger partial charge in [-0.05, 0) is 25.0 Å². The summed E-state index contributed by atoms with van der Waals surface area (Å²) in [6.45, 7) is 2.84. The maximum absolute atomic E-state index is 12.4. The Hall–Kier alpha value is -1.33. The topological polar surface area (TPSA) is 45.7 Å². The predicted molar refractivity (Wildman–Crippen MR) is 83.7 cm³/mol. The van der Waals surface area contributed by atoms with Gasteiger partial charge in [-0.15, -0.1) is 0 Å². The molecule has 2 rings (SSSR count). The van der Waals surface area contributed by atoms with Gasteiger partial charge in [0.15, 0.2) is 0 Å². The van der Waals surface area contributed by atoms with Crippen molar-refractivity contribution >= 4 is 23.3 Å².